The molecule has 0 amide bonds. The maximum Gasteiger partial charge on any atom is 0.421 e. The van der Waals surface area contributed by atoms with E-state index in [-0.39, 0.29) is 18.9 Å². The summed E-state index contributed by atoms with van der Waals surface area (Å²) < 4.78 is 11.5. The number of aromatic nitrogens is 2. The van der Waals surface area contributed by atoms with Crippen LogP contribution in [0.2, 0.25) is 0 Å². The van der Waals surface area contributed by atoms with Gasteiger partial charge in [0.25, 0.3) is 0 Å². The second-order valence-corrected chi connectivity index (χ2v) is 5.18. The van der Waals surface area contributed by atoms with Crippen LogP contribution in [-0.2, 0) is 16.1 Å². The summed E-state index contributed by atoms with van der Waals surface area (Å²) in [5.74, 6) is -0.873. The molecule has 0 aliphatic rings. The van der Waals surface area contributed by atoms with Crippen LogP contribution in [0.1, 0.15) is 27.2 Å². The zero-order valence-corrected chi connectivity index (χ0v) is 11.2. The standard InChI is InChI=1S/C13H16N2O4/c1-13(2,3)19-10(16)6-8-15-11-9(18-12(15)17)5-4-7-14-11/h4-5,7H,6,8H2,1-3H3. The first-order valence-corrected chi connectivity index (χ1v) is 6.03. The van der Waals surface area contributed by atoms with E-state index in [1.54, 1.807) is 39.1 Å². The lowest BCUT2D eigenvalue weighted by molar-refractivity contribution is -0.155. The second-order valence-electron chi connectivity index (χ2n) is 5.18. The zero-order valence-electron chi connectivity index (χ0n) is 11.2. The SMILES string of the molecule is CC(C)(C)OC(=O)CCn1c(=O)oc2cccnc21. The summed E-state index contributed by atoms with van der Waals surface area (Å²) in [6, 6.07) is 3.34. The molecule has 0 saturated heterocycles. The van der Waals surface area contributed by atoms with E-state index >= 15 is 0 Å². The molecule has 0 atom stereocenters. The third-order valence-corrected chi connectivity index (χ3v) is 2.38. The molecule has 6 heteroatoms. The van der Waals surface area contributed by atoms with Gasteiger partial charge in [-0.3, -0.25) is 9.36 Å². The summed E-state index contributed by atoms with van der Waals surface area (Å²) in [7, 11) is 0. The molecule has 19 heavy (non-hydrogen) atoms. The highest BCUT2D eigenvalue weighted by Gasteiger charge is 2.17. The number of hydrogen-bond acceptors (Lipinski definition) is 5. The molecule has 0 aromatic carbocycles. The number of rotatable bonds is 3. The average Bonchev–Trinajstić information content (AvgIpc) is 2.60. The Morgan fingerprint density at radius 3 is 2.89 bits per heavy atom. The Balaban J connectivity index is 2.12. The Hall–Kier alpha value is -2.11. The zero-order chi connectivity index (χ0) is 14.0. The summed E-state index contributed by atoms with van der Waals surface area (Å²) in [4.78, 5) is 27.3. The smallest absolute Gasteiger partial charge is 0.421 e. The predicted molar refractivity (Wildman–Crippen MR) is 68.7 cm³/mol. The number of oxazole rings is 1. The minimum absolute atomic E-state index is 0.0996. The van der Waals surface area contributed by atoms with Crippen molar-refractivity contribution in [2.45, 2.75) is 39.3 Å². The largest absolute Gasteiger partial charge is 0.460 e. The molecule has 0 saturated carbocycles. The molecule has 0 bridgehead atoms. The number of hydrogen-bond donors (Lipinski definition) is 0. The molecule has 0 N–H and O–H groups in total. The van der Waals surface area contributed by atoms with Gasteiger partial charge in [0.2, 0.25) is 0 Å². The monoisotopic (exact) mass is 264 g/mol. The van der Waals surface area contributed by atoms with Crippen molar-refractivity contribution >= 4 is 17.2 Å². The summed E-state index contributed by atoms with van der Waals surface area (Å²) in [6.45, 7) is 5.58. The minimum atomic E-state index is -0.529. The van der Waals surface area contributed by atoms with Crippen LogP contribution in [0.5, 0.6) is 0 Å². The fourth-order valence-corrected chi connectivity index (χ4v) is 1.69. The van der Waals surface area contributed by atoms with Gasteiger partial charge in [-0.2, -0.15) is 0 Å². The molecule has 0 aliphatic carbocycles. The van der Waals surface area contributed by atoms with E-state index in [0.29, 0.717) is 11.2 Å². The quantitative estimate of drug-likeness (QED) is 0.789. The fourth-order valence-electron chi connectivity index (χ4n) is 1.69. The van der Waals surface area contributed by atoms with Gasteiger partial charge in [-0.1, -0.05) is 0 Å². The van der Waals surface area contributed by atoms with Gasteiger partial charge in [-0.25, -0.2) is 9.78 Å². The molecular formula is C13H16N2O4. The Labute approximate surface area is 110 Å². The molecule has 6 nitrogen and oxygen atoms in total. The lowest BCUT2D eigenvalue weighted by atomic mass is 10.2. The van der Waals surface area contributed by atoms with Crippen LogP contribution in [0.15, 0.2) is 27.5 Å². The lowest BCUT2D eigenvalue weighted by Gasteiger charge is -2.19. The maximum atomic E-state index is 11.6. The molecule has 0 unspecified atom stereocenters. The molecule has 2 aromatic rings. The Kier molecular flexibility index (Phi) is 3.42. The summed E-state index contributed by atoms with van der Waals surface area (Å²) in [5, 5.41) is 0. The Morgan fingerprint density at radius 1 is 1.47 bits per heavy atom. The van der Waals surface area contributed by atoms with Gasteiger partial charge in [0.1, 0.15) is 5.60 Å². The predicted octanol–water partition coefficient (Wildman–Crippen LogP) is 1.72. The Bertz CT molecular complexity index is 648. The lowest BCUT2D eigenvalue weighted by Crippen LogP contribution is -2.25. The molecular weight excluding hydrogens is 248 g/mol. The summed E-state index contributed by atoms with van der Waals surface area (Å²) in [5.41, 5.74) is 0.325. The molecule has 2 heterocycles. The molecule has 0 aliphatic heterocycles. The summed E-state index contributed by atoms with van der Waals surface area (Å²) >= 11 is 0. The van der Waals surface area contributed by atoms with Gasteiger partial charge in [0.05, 0.1) is 6.42 Å². The van der Waals surface area contributed by atoms with E-state index in [4.69, 9.17) is 9.15 Å². The molecule has 2 rings (SSSR count). The van der Waals surface area contributed by atoms with Gasteiger partial charge in [0.15, 0.2) is 11.2 Å². The van der Waals surface area contributed by atoms with Gasteiger partial charge in [-0.05, 0) is 32.9 Å². The van der Waals surface area contributed by atoms with E-state index in [2.05, 4.69) is 4.98 Å². The van der Waals surface area contributed by atoms with Crippen molar-refractivity contribution in [2.24, 2.45) is 0 Å². The highest BCUT2D eigenvalue weighted by molar-refractivity contribution is 5.71. The number of pyridine rings is 1. The molecule has 0 radical (unpaired) electrons. The number of fused-ring (bicyclic) bond motifs is 1. The van der Waals surface area contributed by atoms with Crippen molar-refractivity contribution in [3.8, 4) is 0 Å². The number of nitrogens with zero attached hydrogens (tertiary/aromatic N) is 2. The fraction of sp³-hybridized carbons (Fsp3) is 0.462. The van der Waals surface area contributed by atoms with E-state index in [1.807, 2.05) is 0 Å². The van der Waals surface area contributed by atoms with Crippen LogP contribution in [0.3, 0.4) is 0 Å². The van der Waals surface area contributed by atoms with Crippen molar-refractivity contribution in [3.05, 3.63) is 28.9 Å². The second kappa shape index (κ2) is 4.87. The van der Waals surface area contributed by atoms with Crippen molar-refractivity contribution in [2.75, 3.05) is 0 Å². The molecule has 2 aromatic heterocycles. The molecule has 0 fully saturated rings. The van der Waals surface area contributed by atoms with Crippen molar-refractivity contribution < 1.29 is 13.9 Å². The first kappa shape index (κ1) is 13.3. The van der Waals surface area contributed by atoms with E-state index < -0.39 is 11.4 Å². The van der Waals surface area contributed by atoms with Crippen LogP contribution in [0, 0.1) is 0 Å². The number of carbonyl (C=O) groups is 1. The van der Waals surface area contributed by atoms with E-state index in [0.717, 1.165) is 0 Å². The van der Waals surface area contributed by atoms with Crippen molar-refractivity contribution in [3.63, 3.8) is 0 Å². The van der Waals surface area contributed by atoms with Crippen LogP contribution in [0.25, 0.3) is 11.2 Å². The van der Waals surface area contributed by atoms with Gasteiger partial charge in [-0.15, -0.1) is 0 Å². The number of carbonyl (C=O) groups excluding carboxylic acids is 1. The molecule has 102 valence electrons. The van der Waals surface area contributed by atoms with E-state index in [9.17, 15) is 9.59 Å². The average molecular weight is 264 g/mol. The van der Waals surface area contributed by atoms with Crippen molar-refractivity contribution in [1.82, 2.24) is 9.55 Å². The summed E-state index contributed by atoms with van der Waals surface area (Å²) in [6.07, 6.45) is 1.67. The van der Waals surface area contributed by atoms with Crippen LogP contribution in [0.4, 0.5) is 0 Å². The first-order valence-electron chi connectivity index (χ1n) is 6.03. The number of esters is 1. The van der Waals surface area contributed by atoms with Gasteiger partial charge in [0, 0.05) is 12.7 Å². The molecule has 0 spiro atoms. The third-order valence-electron chi connectivity index (χ3n) is 2.38. The maximum absolute atomic E-state index is 11.6. The third kappa shape index (κ3) is 3.21. The normalized spacial score (nSPS) is 11.7. The van der Waals surface area contributed by atoms with Gasteiger partial charge < -0.3 is 9.15 Å². The highest BCUT2D eigenvalue weighted by Crippen LogP contribution is 2.11. The van der Waals surface area contributed by atoms with Crippen LogP contribution < -0.4 is 5.76 Å². The number of aryl methyl sites for hydroxylation is 1. The van der Waals surface area contributed by atoms with E-state index in [1.165, 1.54) is 4.57 Å². The highest BCUT2D eigenvalue weighted by atomic mass is 16.6. The van der Waals surface area contributed by atoms with Crippen LogP contribution >= 0.6 is 0 Å². The minimum Gasteiger partial charge on any atom is -0.460 e. The van der Waals surface area contributed by atoms with Gasteiger partial charge >= 0.3 is 11.7 Å². The Morgan fingerprint density at radius 2 is 2.21 bits per heavy atom. The van der Waals surface area contributed by atoms with Crippen molar-refractivity contribution in [1.29, 1.82) is 0 Å². The number of ether oxygens (including phenoxy) is 1. The van der Waals surface area contributed by atoms with Crippen LogP contribution in [-0.4, -0.2) is 21.1 Å². The first-order chi connectivity index (χ1) is 8.87. The topological polar surface area (TPSA) is 74.3 Å².